The molecule has 1 N–H and O–H groups in total. The fourth-order valence-electron chi connectivity index (χ4n) is 2.83. The molecular weight excluding hydrogens is 336 g/mol. The summed E-state index contributed by atoms with van der Waals surface area (Å²) in [5, 5.41) is 4.49. The molecule has 1 aromatic rings. The molecular formula is C16H24BrClN2. The van der Waals surface area contributed by atoms with E-state index in [0.29, 0.717) is 6.04 Å². The van der Waals surface area contributed by atoms with E-state index in [0.717, 1.165) is 29.1 Å². The Bertz CT molecular complexity index is 419. The van der Waals surface area contributed by atoms with Gasteiger partial charge in [-0.2, -0.15) is 0 Å². The second-order valence-electron chi connectivity index (χ2n) is 5.62. The Hall–Kier alpha value is -0.0900. The Labute approximate surface area is 136 Å². The minimum atomic E-state index is 0.643. The molecule has 0 bridgehead atoms. The van der Waals surface area contributed by atoms with Gasteiger partial charge in [-0.3, -0.25) is 4.90 Å². The van der Waals surface area contributed by atoms with E-state index >= 15 is 0 Å². The standard InChI is InChI=1S/C16H24BrClN2/c1-2-9-20(12-15-5-3-4-8-19-15)11-13-6-7-14(17)10-16(13)18/h6-7,10,15,19H,2-5,8-9,11-12H2,1H3. The summed E-state index contributed by atoms with van der Waals surface area (Å²) in [6.07, 6.45) is 5.16. The van der Waals surface area contributed by atoms with Gasteiger partial charge in [0.25, 0.3) is 0 Å². The van der Waals surface area contributed by atoms with Gasteiger partial charge in [-0.05, 0) is 50.0 Å². The number of nitrogens with one attached hydrogen (secondary N) is 1. The number of benzene rings is 1. The molecule has 1 aliphatic heterocycles. The smallest absolute Gasteiger partial charge is 0.0462 e. The fraction of sp³-hybridized carbons (Fsp3) is 0.625. The summed E-state index contributed by atoms with van der Waals surface area (Å²) in [6, 6.07) is 6.83. The van der Waals surface area contributed by atoms with E-state index in [1.165, 1.54) is 37.8 Å². The Morgan fingerprint density at radius 1 is 1.40 bits per heavy atom. The molecule has 1 unspecified atom stereocenters. The SMILES string of the molecule is CCCN(Cc1ccc(Br)cc1Cl)CC1CCCCN1. The van der Waals surface area contributed by atoms with Crippen LogP contribution in [0.5, 0.6) is 0 Å². The Morgan fingerprint density at radius 2 is 2.25 bits per heavy atom. The van der Waals surface area contributed by atoms with Gasteiger partial charge in [-0.15, -0.1) is 0 Å². The van der Waals surface area contributed by atoms with Crippen LogP contribution in [0.4, 0.5) is 0 Å². The lowest BCUT2D eigenvalue weighted by molar-refractivity contribution is 0.217. The number of piperidine rings is 1. The van der Waals surface area contributed by atoms with Crippen molar-refractivity contribution in [3.63, 3.8) is 0 Å². The highest BCUT2D eigenvalue weighted by atomic mass is 79.9. The van der Waals surface area contributed by atoms with E-state index in [4.69, 9.17) is 11.6 Å². The first kappa shape index (κ1) is 16.3. The second-order valence-corrected chi connectivity index (χ2v) is 6.94. The molecule has 0 saturated carbocycles. The Kier molecular flexibility index (Phi) is 6.82. The number of hydrogen-bond acceptors (Lipinski definition) is 2. The monoisotopic (exact) mass is 358 g/mol. The highest BCUT2D eigenvalue weighted by Gasteiger charge is 2.17. The predicted molar refractivity (Wildman–Crippen MR) is 90.4 cm³/mol. The number of hydrogen-bond donors (Lipinski definition) is 1. The number of nitrogens with zero attached hydrogens (tertiary/aromatic N) is 1. The maximum atomic E-state index is 6.34. The maximum Gasteiger partial charge on any atom is 0.0462 e. The molecule has 4 heteroatoms. The first-order valence-corrected chi connectivity index (χ1v) is 8.76. The average molecular weight is 360 g/mol. The van der Waals surface area contributed by atoms with Crippen LogP contribution in [0.3, 0.4) is 0 Å². The topological polar surface area (TPSA) is 15.3 Å². The molecule has 0 amide bonds. The van der Waals surface area contributed by atoms with Crippen LogP contribution in [-0.2, 0) is 6.54 Å². The van der Waals surface area contributed by atoms with E-state index < -0.39 is 0 Å². The average Bonchev–Trinajstić information content (AvgIpc) is 2.43. The lowest BCUT2D eigenvalue weighted by Crippen LogP contribution is -2.43. The van der Waals surface area contributed by atoms with E-state index in [2.05, 4.69) is 45.2 Å². The van der Waals surface area contributed by atoms with E-state index in [1.807, 2.05) is 6.07 Å². The zero-order valence-corrected chi connectivity index (χ0v) is 14.5. The third-order valence-corrected chi connectivity index (χ3v) is 4.68. The van der Waals surface area contributed by atoms with Crippen LogP contribution < -0.4 is 5.32 Å². The first-order valence-electron chi connectivity index (χ1n) is 7.58. The van der Waals surface area contributed by atoms with E-state index in [1.54, 1.807) is 0 Å². The normalized spacial score (nSPS) is 19.5. The molecule has 1 atom stereocenters. The quantitative estimate of drug-likeness (QED) is 0.807. The van der Waals surface area contributed by atoms with Gasteiger partial charge in [-0.25, -0.2) is 0 Å². The van der Waals surface area contributed by atoms with Crippen molar-refractivity contribution in [3.8, 4) is 0 Å². The zero-order valence-electron chi connectivity index (χ0n) is 12.2. The lowest BCUT2D eigenvalue weighted by atomic mass is 10.0. The van der Waals surface area contributed by atoms with Gasteiger partial charge in [0.1, 0.15) is 0 Å². The van der Waals surface area contributed by atoms with Crippen LogP contribution in [0.2, 0.25) is 5.02 Å². The van der Waals surface area contributed by atoms with E-state index in [-0.39, 0.29) is 0 Å². The first-order chi connectivity index (χ1) is 9.69. The molecule has 0 aliphatic carbocycles. The van der Waals surface area contributed by atoms with Crippen LogP contribution in [0.25, 0.3) is 0 Å². The number of halogens is 2. The molecule has 0 aromatic heterocycles. The second kappa shape index (κ2) is 8.38. The molecule has 1 aromatic carbocycles. The van der Waals surface area contributed by atoms with Gasteiger partial charge in [-0.1, -0.05) is 46.9 Å². The summed E-state index contributed by atoms with van der Waals surface area (Å²) >= 11 is 9.81. The summed E-state index contributed by atoms with van der Waals surface area (Å²) in [7, 11) is 0. The molecule has 1 aliphatic rings. The third-order valence-electron chi connectivity index (χ3n) is 3.84. The van der Waals surface area contributed by atoms with Crippen molar-refractivity contribution in [1.82, 2.24) is 10.2 Å². The third kappa shape index (κ3) is 5.03. The fourth-order valence-corrected chi connectivity index (χ4v) is 3.57. The molecule has 2 rings (SSSR count). The van der Waals surface area contributed by atoms with Gasteiger partial charge in [0.15, 0.2) is 0 Å². The molecule has 1 fully saturated rings. The van der Waals surface area contributed by atoms with Gasteiger partial charge in [0, 0.05) is 28.6 Å². The minimum absolute atomic E-state index is 0.643. The van der Waals surface area contributed by atoms with Crippen molar-refractivity contribution in [2.24, 2.45) is 0 Å². The molecule has 0 radical (unpaired) electrons. The highest BCUT2D eigenvalue weighted by molar-refractivity contribution is 9.10. The Morgan fingerprint density at radius 3 is 2.90 bits per heavy atom. The summed E-state index contributed by atoms with van der Waals surface area (Å²) in [5.41, 5.74) is 1.22. The largest absolute Gasteiger partial charge is 0.313 e. The zero-order chi connectivity index (χ0) is 14.4. The van der Waals surface area contributed by atoms with Gasteiger partial charge in [0.05, 0.1) is 0 Å². The van der Waals surface area contributed by atoms with Crippen molar-refractivity contribution in [3.05, 3.63) is 33.3 Å². The summed E-state index contributed by atoms with van der Waals surface area (Å²) < 4.78 is 1.04. The summed E-state index contributed by atoms with van der Waals surface area (Å²) in [4.78, 5) is 2.53. The maximum absolute atomic E-state index is 6.34. The van der Waals surface area contributed by atoms with Gasteiger partial charge < -0.3 is 5.32 Å². The molecule has 20 heavy (non-hydrogen) atoms. The van der Waals surface area contributed by atoms with E-state index in [9.17, 15) is 0 Å². The molecule has 112 valence electrons. The minimum Gasteiger partial charge on any atom is -0.313 e. The summed E-state index contributed by atoms with van der Waals surface area (Å²) in [5.74, 6) is 0. The lowest BCUT2D eigenvalue weighted by Gasteiger charge is -2.30. The van der Waals surface area contributed by atoms with Crippen LogP contribution in [0.1, 0.15) is 38.2 Å². The van der Waals surface area contributed by atoms with Crippen molar-refractivity contribution in [1.29, 1.82) is 0 Å². The van der Waals surface area contributed by atoms with Crippen molar-refractivity contribution >= 4 is 27.5 Å². The van der Waals surface area contributed by atoms with Crippen LogP contribution in [0.15, 0.2) is 22.7 Å². The van der Waals surface area contributed by atoms with Crippen molar-refractivity contribution in [2.75, 3.05) is 19.6 Å². The van der Waals surface area contributed by atoms with Crippen LogP contribution in [0, 0.1) is 0 Å². The predicted octanol–water partition coefficient (Wildman–Crippen LogP) is 4.46. The van der Waals surface area contributed by atoms with Gasteiger partial charge >= 0.3 is 0 Å². The molecule has 0 spiro atoms. The van der Waals surface area contributed by atoms with Crippen LogP contribution >= 0.6 is 27.5 Å². The number of rotatable bonds is 6. The highest BCUT2D eigenvalue weighted by Crippen LogP contribution is 2.23. The summed E-state index contributed by atoms with van der Waals surface area (Å²) in [6.45, 7) is 6.61. The molecule has 1 heterocycles. The molecule has 2 nitrogen and oxygen atoms in total. The molecule has 1 saturated heterocycles. The van der Waals surface area contributed by atoms with Crippen LogP contribution in [-0.4, -0.2) is 30.6 Å². The Balaban J connectivity index is 1.96. The van der Waals surface area contributed by atoms with Gasteiger partial charge in [0.2, 0.25) is 0 Å². The van der Waals surface area contributed by atoms with Crippen molar-refractivity contribution < 1.29 is 0 Å². The van der Waals surface area contributed by atoms with Crippen molar-refractivity contribution in [2.45, 2.75) is 45.2 Å².